The summed E-state index contributed by atoms with van der Waals surface area (Å²) < 4.78 is 0.912. The van der Waals surface area contributed by atoms with E-state index in [1.54, 1.807) is 0 Å². The van der Waals surface area contributed by atoms with Gasteiger partial charge in [-0.2, -0.15) is 0 Å². The first-order valence-electron chi connectivity index (χ1n) is 4.52. The molecule has 0 atom stereocenters. The van der Waals surface area contributed by atoms with Crippen molar-refractivity contribution in [3.8, 4) is 0 Å². The molecule has 0 radical (unpaired) electrons. The van der Waals surface area contributed by atoms with Crippen LogP contribution in [0.5, 0.6) is 0 Å². The number of nitrogens with one attached hydrogen (secondary N) is 2. The van der Waals surface area contributed by atoms with Crippen molar-refractivity contribution >= 4 is 21.8 Å². The van der Waals surface area contributed by atoms with Crippen molar-refractivity contribution in [3.05, 3.63) is 11.1 Å². The van der Waals surface area contributed by atoms with Gasteiger partial charge in [-0.3, -0.25) is 4.79 Å². The molecule has 0 aromatic rings. The Morgan fingerprint density at radius 2 is 2.23 bits per heavy atom. The summed E-state index contributed by atoms with van der Waals surface area (Å²) in [7, 11) is 0. The molecular formula is C9H15BrN2O. The summed E-state index contributed by atoms with van der Waals surface area (Å²) in [6.45, 7) is 5.11. The normalized spacial score (nSPS) is 15.5. The second-order valence-electron chi connectivity index (χ2n) is 3.29. The average molecular weight is 247 g/mol. The number of carbonyl (C=O) groups is 1. The molecule has 1 saturated carbocycles. The largest absolute Gasteiger partial charge is 0.353 e. The Balaban J connectivity index is 1.91. The number of hydrogen-bond acceptors (Lipinski definition) is 2. The van der Waals surface area contributed by atoms with Crippen molar-refractivity contribution < 1.29 is 4.79 Å². The van der Waals surface area contributed by atoms with E-state index in [2.05, 4.69) is 33.1 Å². The molecule has 0 aliphatic heterocycles. The summed E-state index contributed by atoms with van der Waals surface area (Å²) in [5, 5.41) is 6.03. The van der Waals surface area contributed by atoms with E-state index >= 15 is 0 Å². The number of halogens is 1. The van der Waals surface area contributed by atoms with Gasteiger partial charge < -0.3 is 10.6 Å². The second-order valence-corrected chi connectivity index (χ2v) is 4.41. The maximum atomic E-state index is 11.2. The van der Waals surface area contributed by atoms with E-state index in [-0.39, 0.29) is 5.91 Å². The Morgan fingerprint density at radius 3 is 2.77 bits per heavy atom. The Morgan fingerprint density at radius 1 is 1.54 bits per heavy atom. The molecule has 74 valence electrons. The lowest BCUT2D eigenvalue weighted by Crippen LogP contribution is -2.29. The summed E-state index contributed by atoms with van der Waals surface area (Å²) >= 11 is 3.23. The fraction of sp³-hybridized carbons (Fsp3) is 0.667. The van der Waals surface area contributed by atoms with Gasteiger partial charge in [0.15, 0.2) is 0 Å². The Labute approximate surface area is 87.1 Å². The summed E-state index contributed by atoms with van der Waals surface area (Å²) in [5.41, 5.74) is 0. The van der Waals surface area contributed by atoms with E-state index in [0.29, 0.717) is 19.0 Å². The fourth-order valence-electron chi connectivity index (χ4n) is 0.953. The first-order valence-corrected chi connectivity index (χ1v) is 5.31. The van der Waals surface area contributed by atoms with Gasteiger partial charge in [-0.05, 0) is 12.8 Å². The zero-order valence-corrected chi connectivity index (χ0v) is 9.19. The molecular weight excluding hydrogens is 232 g/mol. The smallest absolute Gasteiger partial charge is 0.221 e. The van der Waals surface area contributed by atoms with Gasteiger partial charge in [-0.15, -0.1) is 0 Å². The molecule has 1 fully saturated rings. The highest BCUT2D eigenvalue weighted by Gasteiger charge is 2.22. The van der Waals surface area contributed by atoms with Crippen LogP contribution in [-0.4, -0.2) is 25.0 Å². The minimum atomic E-state index is 0.148. The SMILES string of the molecule is C=C(Br)CNCCC(=O)NC1CC1. The lowest BCUT2D eigenvalue weighted by atomic mass is 10.4. The summed E-state index contributed by atoms with van der Waals surface area (Å²) in [6.07, 6.45) is 2.85. The van der Waals surface area contributed by atoms with Gasteiger partial charge in [0.25, 0.3) is 0 Å². The summed E-state index contributed by atoms with van der Waals surface area (Å²) in [4.78, 5) is 11.2. The van der Waals surface area contributed by atoms with Crippen LogP contribution in [-0.2, 0) is 4.79 Å². The van der Waals surface area contributed by atoms with Gasteiger partial charge in [-0.25, -0.2) is 0 Å². The monoisotopic (exact) mass is 246 g/mol. The quantitative estimate of drug-likeness (QED) is 0.691. The highest BCUT2D eigenvalue weighted by Crippen LogP contribution is 2.18. The maximum Gasteiger partial charge on any atom is 0.221 e. The molecule has 1 rings (SSSR count). The van der Waals surface area contributed by atoms with Crippen LogP contribution >= 0.6 is 15.9 Å². The van der Waals surface area contributed by atoms with Gasteiger partial charge >= 0.3 is 0 Å². The molecule has 1 aliphatic carbocycles. The summed E-state index contributed by atoms with van der Waals surface area (Å²) in [6, 6.07) is 0.471. The predicted octanol–water partition coefficient (Wildman–Crippen LogP) is 1.15. The molecule has 0 spiro atoms. The van der Waals surface area contributed by atoms with Gasteiger partial charge in [0.2, 0.25) is 5.91 Å². The third-order valence-corrected chi connectivity index (χ3v) is 2.07. The zero-order chi connectivity index (χ0) is 9.68. The van der Waals surface area contributed by atoms with Crippen LogP contribution in [0.3, 0.4) is 0 Å². The molecule has 3 nitrogen and oxygen atoms in total. The van der Waals surface area contributed by atoms with Crippen LogP contribution in [0.15, 0.2) is 11.1 Å². The number of carbonyl (C=O) groups excluding carboxylic acids is 1. The van der Waals surface area contributed by atoms with Crippen LogP contribution in [0.25, 0.3) is 0 Å². The zero-order valence-electron chi connectivity index (χ0n) is 7.61. The van der Waals surface area contributed by atoms with Crippen molar-refractivity contribution in [2.75, 3.05) is 13.1 Å². The lowest BCUT2D eigenvalue weighted by Gasteiger charge is -2.04. The average Bonchev–Trinajstić information content (AvgIpc) is 2.81. The molecule has 0 unspecified atom stereocenters. The van der Waals surface area contributed by atoms with E-state index < -0.39 is 0 Å². The van der Waals surface area contributed by atoms with Crippen molar-refractivity contribution in [3.63, 3.8) is 0 Å². The standard InChI is InChI=1S/C9H15BrN2O/c1-7(10)6-11-5-4-9(13)12-8-2-3-8/h8,11H,1-6H2,(H,12,13). The van der Waals surface area contributed by atoms with E-state index in [9.17, 15) is 4.79 Å². The molecule has 0 heterocycles. The number of amides is 1. The van der Waals surface area contributed by atoms with Gasteiger partial charge in [-0.1, -0.05) is 22.5 Å². The van der Waals surface area contributed by atoms with Crippen LogP contribution in [0.4, 0.5) is 0 Å². The molecule has 0 aromatic carbocycles. The number of hydrogen-bond donors (Lipinski definition) is 2. The Bertz CT molecular complexity index is 202. The molecule has 0 bridgehead atoms. The molecule has 0 aromatic heterocycles. The van der Waals surface area contributed by atoms with E-state index in [4.69, 9.17) is 0 Å². The van der Waals surface area contributed by atoms with Crippen molar-refractivity contribution in [2.24, 2.45) is 0 Å². The first kappa shape index (κ1) is 10.7. The van der Waals surface area contributed by atoms with E-state index in [1.165, 1.54) is 0 Å². The van der Waals surface area contributed by atoms with Gasteiger partial charge in [0, 0.05) is 30.0 Å². The van der Waals surface area contributed by atoms with Gasteiger partial charge in [0.1, 0.15) is 0 Å². The first-order chi connectivity index (χ1) is 6.18. The van der Waals surface area contributed by atoms with Crippen LogP contribution in [0.1, 0.15) is 19.3 Å². The minimum absolute atomic E-state index is 0.148. The molecule has 2 N–H and O–H groups in total. The third-order valence-electron chi connectivity index (χ3n) is 1.79. The van der Waals surface area contributed by atoms with Crippen molar-refractivity contribution in [2.45, 2.75) is 25.3 Å². The van der Waals surface area contributed by atoms with Gasteiger partial charge in [0.05, 0.1) is 0 Å². The molecule has 4 heteroatoms. The van der Waals surface area contributed by atoms with Crippen LogP contribution in [0, 0.1) is 0 Å². The molecule has 1 amide bonds. The van der Waals surface area contributed by atoms with Crippen LogP contribution < -0.4 is 10.6 Å². The van der Waals surface area contributed by atoms with Crippen molar-refractivity contribution in [1.82, 2.24) is 10.6 Å². The topological polar surface area (TPSA) is 41.1 Å². The Hall–Kier alpha value is -0.350. The second kappa shape index (κ2) is 5.40. The Kier molecular flexibility index (Phi) is 4.45. The van der Waals surface area contributed by atoms with E-state index in [0.717, 1.165) is 23.9 Å². The maximum absolute atomic E-state index is 11.2. The van der Waals surface area contributed by atoms with E-state index in [1.807, 2.05) is 0 Å². The number of rotatable bonds is 6. The molecule has 13 heavy (non-hydrogen) atoms. The molecule has 0 saturated heterocycles. The third kappa shape index (κ3) is 5.82. The van der Waals surface area contributed by atoms with Crippen LogP contribution in [0.2, 0.25) is 0 Å². The summed E-state index contributed by atoms with van der Waals surface area (Å²) in [5.74, 6) is 0.148. The predicted molar refractivity (Wildman–Crippen MR) is 56.7 cm³/mol. The highest BCUT2D eigenvalue weighted by atomic mass is 79.9. The minimum Gasteiger partial charge on any atom is -0.353 e. The van der Waals surface area contributed by atoms with Crippen molar-refractivity contribution in [1.29, 1.82) is 0 Å². The highest BCUT2D eigenvalue weighted by molar-refractivity contribution is 9.11. The lowest BCUT2D eigenvalue weighted by molar-refractivity contribution is -0.121. The fourth-order valence-corrected chi connectivity index (χ4v) is 1.15. The molecule has 1 aliphatic rings.